The number of aromatic amines is 1. The summed E-state index contributed by atoms with van der Waals surface area (Å²) in [5, 5.41) is 4.38. The van der Waals surface area contributed by atoms with Crippen LogP contribution in [0.25, 0.3) is 10.9 Å². The average molecular weight is 350 g/mol. The van der Waals surface area contributed by atoms with Gasteiger partial charge in [0, 0.05) is 5.39 Å². The van der Waals surface area contributed by atoms with Crippen molar-refractivity contribution in [1.82, 2.24) is 9.97 Å². The van der Waals surface area contributed by atoms with E-state index in [4.69, 9.17) is 11.6 Å². The normalized spacial score (nSPS) is 10.7. The first-order chi connectivity index (χ1) is 11.0. The maximum absolute atomic E-state index is 12.3. The molecule has 0 radical (unpaired) electrons. The van der Waals surface area contributed by atoms with E-state index < -0.39 is 5.97 Å². The molecule has 6 nitrogen and oxygen atoms in total. The van der Waals surface area contributed by atoms with Crippen LogP contribution in [-0.2, 0) is 4.74 Å². The largest absolute Gasteiger partial charge is 0.465 e. The number of carbonyl (C=O) groups is 2. The SMILES string of the molecule is COC(=O)c1sc(NC(=O)c2cc3cccc(Cl)c3[nH]2)nc1C. The fourth-order valence-corrected chi connectivity index (χ4v) is 3.25. The summed E-state index contributed by atoms with van der Waals surface area (Å²) in [6.45, 7) is 1.68. The van der Waals surface area contributed by atoms with Crippen LogP contribution in [0, 0.1) is 6.92 Å². The van der Waals surface area contributed by atoms with E-state index >= 15 is 0 Å². The Morgan fingerprint density at radius 3 is 2.87 bits per heavy atom. The van der Waals surface area contributed by atoms with Crippen LogP contribution in [0.1, 0.15) is 25.9 Å². The van der Waals surface area contributed by atoms with E-state index in [1.54, 1.807) is 19.1 Å². The maximum atomic E-state index is 12.3. The molecule has 2 aromatic heterocycles. The minimum atomic E-state index is -0.474. The number of amides is 1. The Bertz CT molecular complexity index is 916. The molecule has 2 N–H and O–H groups in total. The number of esters is 1. The number of rotatable bonds is 3. The van der Waals surface area contributed by atoms with Crippen molar-refractivity contribution in [3.63, 3.8) is 0 Å². The number of thiazole rings is 1. The van der Waals surface area contributed by atoms with Crippen LogP contribution in [0.3, 0.4) is 0 Å². The molecule has 0 unspecified atom stereocenters. The highest BCUT2D eigenvalue weighted by Gasteiger charge is 2.18. The van der Waals surface area contributed by atoms with Gasteiger partial charge in [-0.2, -0.15) is 0 Å². The standard InChI is InChI=1S/C15H12ClN3O3S/c1-7-12(14(21)22-2)23-15(17-7)19-13(20)10-6-8-4-3-5-9(16)11(8)18-10/h3-6,18H,1-2H3,(H,17,19,20). The Morgan fingerprint density at radius 1 is 1.39 bits per heavy atom. The maximum Gasteiger partial charge on any atom is 0.350 e. The molecule has 1 aromatic carbocycles. The number of anilines is 1. The summed E-state index contributed by atoms with van der Waals surface area (Å²) in [6.07, 6.45) is 0. The second-order valence-corrected chi connectivity index (χ2v) is 6.17. The lowest BCUT2D eigenvalue weighted by Gasteiger charge is -1.98. The zero-order valence-electron chi connectivity index (χ0n) is 12.3. The van der Waals surface area contributed by atoms with Crippen molar-refractivity contribution in [3.05, 3.63) is 45.6 Å². The predicted molar refractivity (Wildman–Crippen MR) is 89.5 cm³/mol. The van der Waals surface area contributed by atoms with Crippen LogP contribution in [0.2, 0.25) is 5.02 Å². The van der Waals surface area contributed by atoms with E-state index in [-0.39, 0.29) is 5.91 Å². The summed E-state index contributed by atoms with van der Waals surface area (Å²) >= 11 is 7.15. The van der Waals surface area contributed by atoms with Crippen molar-refractivity contribution in [2.24, 2.45) is 0 Å². The minimum Gasteiger partial charge on any atom is -0.465 e. The monoisotopic (exact) mass is 349 g/mol. The number of methoxy groups -OCH3 is 1. The van der Waals surface area contributed by atoms with Gasteiger partial charge in [-0.3, -0.25) is 10.1 Å². The third-order valence-corrected chi connectivity index (χ3v) is 4.61. The Labute approximate surface area is 140 Å². The summed E-state index contributed by atoms with van der Waals surface area (Å²) in [7, 11) is 1.30. The van der Waals surface area contributed by atoms with Crippen molar-refractivity contribution in [3.8, 4) is 0 Å². The van der Waals surface area contributed by atoms with E-state index in [9.17, 15) is 9.59 Å². The van der Waals surface area contributed by atoms with Gasteiger partial charge in [0.2, 0.25) is 0 Å². The van der Waals surface area contributed by atoms with E-state index in [2.05, 4.69) is 20.0 Å². The second kappa shape index (κ2) is 6.02. The van der Waals surface area contributed by atoms with Gasteiger partial charge in [-0.15, -0.1) is 0 Å². The van der Waals surface area contributed by atoms with Crippen LogP contribution < -0.4 is 5.32 Å². The molecule has 0 fully saturated rings. The van der Waals surface area contributed by atoms with Crippen molar-refractivity contribution in [2.75, 3.05) is 12.4 Å². The fourth-order valence-electron chi connectivity index (χ4n) is 2.14. The highest BCUT2D eigenvalue weighted by atomic mass is 35.5. The molecule has 0 bridgehead atoms. The van der Waals surface area contributed by atoms with Gasteiger partial charge in [-0.05, 0) is 19.1 Å². The van der Waals surface area contributed by atoms with Crippen molar-refractivity contribution in [2.45, 2.75) is 6.92 Å². The number of para-hydroxylation sites is 1. The number of nitrogens with zero attached hydrogens (tertiary/aromatic N) is 1. The van der Waals surface area contributed by atoms with Gasteiger partial charge in [0.1, 0.15) is 10.6 Å². The lowest BCUT2D eigenvalue weighted by atomic mass is 10.2. The van der Waals surface area contributed by atoms with Gasteiger partial charge in [-0.1, -0.05) is 35.1 Å². The van der Waals surface area contributed by atoms with E-state index in [0.717, 1.165) is 16.7 Å². The zero-order valence-corrected chi connectivity index (χ0v) is 13.8. The quantitative estimate of drug-likeness (QED) is 0.707. The van der Waals surface area contributed by atoms with Crippen LogP contribution >= 0.6 is 22.9 Å². The number of aromatic nitrogens is 2. The van der Waals surface area contributed by atoms with E-state index in [0.29, 0.717) is 31.9 Å². The molecule has 0 atom stereocenters. The highest BCUT2D eigenvalue weighted by molar-refractivity contribution is 7.17. The van der Waals surface area contributed by atoms with Crippen molar-refractivity contribution >= 4 is 50.8 Å². The first kappa shape index (κ1) is 15.5. The van der Waals surface area contributed by atoms with E-state index in [1.165, 1.54) is 7.11 Å². The molecular formula is C15H12ClN3O3S. The van der Waals surface area contributed by atoms with Gasteiger partial charge in [-0.25, -0.2) is 9.78 Å². The van der Waals surface area contributed by atoms with E-state index in [1.807, 2.05) is 12.1 Å². The average Bonchev–Trinajstić information content (AvgIpc) is 3.11. The Balaban J connectivity index is 1.86. The molecule has 3 rings (SSSR count). The summed E-state index contributed by atoms with van der Waals surface area (Å²) in [5.74, 6) is -0.833. The first-order valence-electron chi connectivity index (χ1n) is 6.64. The number of halogens is 1. The number of H-pyrrole nitrogens is 1. The zero-order chi connectivity index (χ0) is 16.6. The highest BCUT2D eigenvalue weighted by Crippen LogP contribution is 2.26. The summed E-state index contributed by atoms with van der Waals surface area (Å²) in [4.78, 5) is 31.4. The summed E-state index contributed by atoms with van der Waals surface area (Å²) in [5.41, 5.74) is 1.57. The van der Waals surface area contributed by atoms with Gasteiger partial charge < -0.3 is 9.72 Å². The lowest BCUT2D eigenvalue weighted by molar-refractivity contribution is 0.0605. The molecule has 2 heterocycles. The number of benzene rings is 1. The second-order valence-electron chi connectivity index (χ2n) is 4.77. The van der Waals surface area contributed by atoms with Crippen molar-refractivity contribution in [1.29, 1.82) is 0 Å². The predicted octanol–water partition coefficient (Wildman–Crippen LogP) is 3.63. The van der Waals surface area contributed by atoms with Crippen LogP contribution in [0.4, 0.5) is 5.13 Å². The molecule has 0 aliphatic rings. The fraction of sp³-hybridized carbons (Fsp3) is 0.133. The number of fused-ring (bicyclic) bond motifs is 1. The summed E-state index contributed by atoms with van der Waals surface area (Å²) in [6, 6.07) is 7.12. The molecule has 0 aliphatic heterocycles. The summed E-state index contributed by atoms with van der Waals surface area (Å²) < 4.78 is 4.67. The number of hydrogen-bond donors (Lipinski definition) is 2. The number of ether oxygens (including phenoxy) is 1. The molecule has 3 aromatic rings. The van der Waals surface area contributed by atoms with Gasteiger partial charge in [0.25, 0.3) is 5.91 Å². The number of aryl methyl sites for hydroxylation is 1. The third-order valence-electron chi connectivity index (χ3n) is 3.24. The molecule has 0 saturated heterocycles. The molecular weight excluding hydrogens is 338 g/mol. The van der Waals surface area contributed by atoms with Crippen LogP contribution in [-0.4, -0.2) is 29.0 Å². The molecule has 1 amide bonds. The topological polar surface area (TPSA) is 84.1 Å². The first-order valence-corrected chi connectivity index (χ1v) is 7.83. The molecule has 0 aliphatic carbocycles. The lowest BCUT2D eigenvalue weighted by Crippen LogP contribution is -2.11. The molecule has 0 saturated carbocycles. The number of hydrogen-bond acceptors (Lipinski definition) is 5. The van der Waals surface area contributed by atoms with Gasteiger partial charge >= 0.3 is 5.97 Å². The Kier molecular flexibility index (Phi) is 4.06. The molecule has 118 valence electrons. The smallest absolute Gasteiger partial charge is 0.350 e. The number of nitrogens with one attached hydrogen (secondary N) is 2. The number of carbonyl (C=O) groups excluding carboxylic acids is 2. The van der Waals surface area contributed by atoms with Gasteiger partial charge in [0.05, 0.1) is 23.3 Å². The molecule has 0 spiro atoms. The van der Waals surface area contributed by atoms with Gasteiger partial charge in [0.15, 0.2) is 5.13 Å². The molecule has 8 heteroatoms. The van der Waals surface area contributed by atoms with Crippen molar-refractivity contribution < 1.29 is 14.3 Å². The minimum absolute atomic E-state index is 0.331. The third kappa shape index (κ3) is 2.93. The van der Waals surface area contributed by atoms with Crippen LogP contribution in [0.5, 0.6) is 0 Å². The Morgan fingerprint density at radius 2 is 2.17 bits per heavy atom. The Hall–Kier alpha value is -2.38. The molecule has 23 heavy (non-hydrogen) atoms. The van der Waals surface area contributed by atoms with Crippen LogP contribution in [0.15, 0.2) is 24.3 Å².